The SMILES string of the molecule is CNC(=O)c1ccc(/C=C/C(=O)N2CC[C@@H](N)C2)cc1. The van der Waals surface area contributed by atoms with Crippen LogP contribution in [0.1, 0.15) is 22.3 Å². The lowest BCUT2D eigenvalue weighted by atomic mass is 10.1. The summed E-state index contributed by atoms with van der Waals surface area (Å²) >= 11 is 0. The topological polar surface area (TPSA) is 75.4 Å². The summed E-state index contributed by atoms with van der Waals surface area (Å²) in [6.45, 7) is 1.35. The quantitative estimate of drug-likeness (QED) is 0.793. The van der Waals surface area contributed by atoms with Crippen molar-refractivity contribution in [3.8, 4) is 0 Å². The molecule has 1 heterocycles. The molecule has 5 nitrogen and oxygen atoms in total. The zero-order valence-corrected chi connectivity index (χ0v) is 11.5. The molecule has 0 spiro atoms. The van der Waals surface area contributed by atoms with Crippen LogP contribution in [0.3, 0.4) is 0 Å². The Morgan fingerprint density at radius 2 is 2.05 bits per heavy atom. The normalized spacial score (nSPS) is 18.5. The van der Waals surface area contributed by atoms with Gasteiger partial charge in [-0.2, -0.15) is 0 Å². The van der Waals surface area contributed by atoms with E-state index in [2.05, 4.69) is 5.32 Å². The maximum absolute atomic E-state index is 11.9. The van der Waals surface area contributed by atoms with Crippen molar-refractivity contribution in [1.29, 1.82) is 0 Å². The second-order valence-corrected chi connectivity index (χ2v) is 4.87. The van der Waals surface area contributed by atoms with Crippen LogP contribution in [0, 0.1) is 0 Å². The van der Waals surface area contributed by atoms with Gasteiger partial charge in [0.2, 0.25) is 5.91 Å². The van der Waals surface area contributed by atoms with Crippen molar-refractivity contribution in [2.75, 3.05) is 20.1 Å². The Kier molecular flexibility index (Phi) is 4.53. The highest BCUT2D eigenvalue weighted by Crippen LogP contribution is 2.10. The highest BCUT2D eigenvalue weighted by molar-refractivity contribution is 5.94. The molecule has 1 atom stereocenters. The van der Waals surface area contributed by atoms with Crippen molar-refractivity contribution in [1.82, 2.24) is 10.2 Å². The number of carbonyl (C=O) groups excluding carboxylic acids is 2. The van der Waals surface area contributed by atoms with E-state index in [0.29, 0.717) is 12.1 Å². The number of likely N-dealkylation sites (tertiary alicyclic amines) is 1. The van der Waals surface area contributed by atoms with E-state index in [0.717, 1.165) is 18.5 Å². The molecule has 2 amide bonds. The lowest BCUT2D eigenvalue weighted by molar-refractivity contribution is -0.124. The Labute approximate surface area is 118 Å². The van der Waals surface area contributed by atoms with Crippen LogP contribution in [0.25, 0.3) is 6.08 Å². The van der Waals surface area contributed by atoms with E-state index >= 15 is 0 Å². The summed E-state index contributed by atoms with van der Waals surface area (Å²) < 4.78 is 0. The van der Waals surface area contributed by atoms with Gasteiger partial charge in [-0.05, 0) is 30.2 Å². The molecule has 1 aliphatic heterocycles. The van der Waals surface area contributed by atoms with Crippen LogP contribution in [0.2, 0.25) is 0 Å². The number of carbonyl (C=O) groups is 2. The average Bonchev–Trinajstić information content (AvgIpc) is 2.91. The molecule has 0 unspecified atom stereocenters. The fourth-order valence-electron chi connectivity index (χ4n) is 2.15. The molecule has 1 aromatic carbocycles. The first kappa shape index (κ1) is 14.3. The van der Waals surface area contributed by atoms with Crippen LogP contribution in [0.4, 0.5) is 0 Å². The van der Waals surface area contributed by atoms with Crippen LogP contribution >= 0.6 is 0 Å². The minimum Gasteiger partial charge on any atom is -0.355 e. The van der Waals surface area contributed by atoms with Crippen molar-refractivity contribution in [2.45, 2.75) is 12.5 Å². The molecule has 0 radical (unpaired) electrons. The molecule has 2 rings (SSSR count). The molecule has 1 aliphatic rings. The first-order valence-electron chi connectivity index (χ1n) is 6.65. The predicted molar refractivity (Wildman–Crippen MR) is 78.0 cm³/mol. The lowest BCUT2D eigenvalue weighted by Crippen LogP contribution is -2.30. The Hall–Kier alpha value is -2.14. The standard InChI is InChI=1S/C15H19N3O2/c1-17-15(20)12-5-2-11(3-6-12)4-7-14(19)18-9-8-13(16)10-18/h2-7,13H,8-10,16H2,1H3,(H,17,20)/b7-4+/t13-/m1/s1. The van der Waals surface area contributed by atoms with E-state index in [1.807, 2.05) is 12.1 Å². The molecule has 0 aliphatic carbocycles. The zero-order valence-electron chi connectivity index (χ0n) is 11.5. The maximum atomic E-state index is 11.9. The molecule has 106 valence electrons. The maximum Gasteiger partial charge on any atom is 0.251 e. The highest BCUT2D eigenvalue weighted by Gasteiger charge is 2.21. The van der Waals surface area contributed by atoms with Crippen molar-refractivity contribution in [3.05, 3.63) is 41.5 Å². The predicted octanol–water partition coefficient (Wildman–Crippen LogP) is 0.619. The molecular formula is C15H19N3O2. The van der Waals surface area contributed by atoms with E-state index in [-0.39, 0.29) is 17.9 Å². The van der Waals surface area contributed by atoms with Gasteiger partial charge in [0.05, 0.1) is 0 Å². The third-order valence-electron chi connectivity index (χ3n) is 3.35. The van der Waals surface area contributed by atoms with E-state index in [4.69, 9.17) is 5.73 Å². The summed E-state index contributed by atoms with van der Waals surface area (Å²) in [5.74, 6) is -0.143. The molecular weight excluding hydrogens is 254 g/mol. The fourth-order valence-corrected chi connectivity index (χ4v) is 2.15. The van der Waals surface area contributed by atoms with Gasteiger partial charge in [-0.15, -0.1) is 0 Å². The number of hydrogen-bond donors (Lipinski definition) is 2. The Bertz CT molecular complexity index is 522. The fraction of sp³-hybridized carbons (Fsp3) is 0.333. The van der Waals surface area contributed by atoms with Crippen molar-refractivity contribution in [3.63, 3.8) is 0 Å². The number of amides is 2. The third-order valence-corrected chi connectivity index (χ3v) is 3.35. The number of nitrogens with two attached hydrogens (primary N) is 1. The minimum atomic E-state index is -0.123. The summed E-state index contributed by atoms with van der Waals surface area (Å²) in [5.41, 5.74) is 7.25. The monoisotopic (exact) mass is 273 g/mol. The van der Waals surface area contributed by atoms with Gasteiger partial charge in [0.15, 0.2) is 0 Å². The van der Waals surface area contributed by atoms with E-state index in [9.17, 15) is 9.59 Å². The van der Waals surface area contributed by atoms with Crippen LogP contribution in [-0.2, 0) is 4.79 Å². The molecule has 20 heavy (non-hydrogen) atoms. The minimum absolute atomic E-state index is 0.0201. The molecule has 3 N–H and O–H groups in total. The smallest absolute Gasteiger partial charge is 0.251 e. The van der Waals surface area contributed by atoms with Crippen LogP contribution in [0.15, 0.2) is 30.3 Å². The number of hydrogen-bond acceptors (Lipinski definition) is 3. The van der Waals surface area contributed by atoms with E-state index < -0.39 is 0 Å². The van der Waals surface area contributed by atoms with E-state index in [1.54, 1.807) is 36.2 Å². The van der Waals surface area contributed by atoms with Crippen LogP contribution in [-0.4, -0.2) is 42.9 Å². The average molecular weight is 273 g/mol. The van der Waals surface area contributed by atoms with Crippen molar-refractivity contribution >= 4 is 17.9 Å². The summed E-state index contributed by atoms with van der Waals surface area (Å²) in [7, 11) is 1.59. The lowest BCUT2D eigenvalue weighted by Gasteiger charge is -2.12. The number of nitrogens with one attached hydrogen (secondary N) is 1. The molecule has 1 aromatic rings. The van der Waals surface area contributed by atoms with Gasteiger partial charge < -0.3 is 16.0 Å². The van der Waals surface area contributed by atoms with Gasteiger partial charge in [-0.3, -0.25) is 9.59 Å². The first-order valence-corrected chi connectivity index (χ1v) is 6.65. The molecule has 5 heteroatoms. The van der Waals surface area contributed by atoms with Crippen molar-refractivity contribution < 1.29 is 9.59 Å². The molecule has 1 fully saturated rings. The van der Waals surface area contributed by atoms with Gasteiger partial charge in [0.1, 0.15) is 0 Å². The Balaban J connectivity index is 1.97. The van der Waals surface area contributed by atoms with Gasteiger partial charge in [0.25, 0.3) is 5.91 Å². The Morgan fingerprint density at radius 1 is 1.35 bits per heavy atom. The summed E-state index contributed by atoms with van der Waals surface area (Å²) in [5, 5.41) is 2.56. The molecule has 0 aromatic heterocycles. The molecule has 0 bridgehead atoms. The first-order chi connectivity index (χ1) is 9.60. The second-order valence-electron chi connectivity index (χ2n) is 4.87. The van der Waals surface area contributed by atoms with E-state index in [1.165, 1.54) is 0 Å². The largest absolute Gasteiger partial charge is 0.355 e. The second kappa shape index (κ2) is 6.34. The molecule has 1 saturated heterocycles. The Morgan fingerprint density at radius 3 is 2.60 bits per heavy atom. The van der Waals surface area contributed by atoms with Gasteiger partial charge in [-0.1, -0.05) is 12.1 Å². The summed E-state index contributed by atoms with van der Waals surface area (Å²) in [6, 6.07) is 7.18. The highest BCUT2D eigenvalue weighted by atomic mass is 16.2. The third kappa shape index (κ3) is 3.45. The van der Waals surface area contributed by atoms with Crippen LogP contribution in [0.5, 0.6) is 0 Å². The van der Waals surface area contributed by atoms with Crippen molar-refractivity contribution in [2.24, 2.45) is 5.73 Å². The number of benzene rings is 1. The van der Waals surface area contributed by atoms with Gasteiger partial charge in [-0.25, -0.2) is 0 Å². The van der Waals surface area contributed by atoms with Gasteiger partial charge in [0, 0.05) is 37.8 Å². The molecule has 0 saturated carbocycles. The zero-order chi connectivity index (χ0) is 14.5. The summed E-state index contributed by atoms with van der Waals surface area (Å²) in [4.78, 5) is 25.0. The van der Waals surface area contributed by atoms with Gasteiger partial charge >= 0.3 is 0 Å². The summed E-state index contributed by atoms with van der Waals surface area (Å²) in [6.07, 6.45) is 4.16. The number of nitrogens with zero attached hydrogens (tertiary/aromatic N) is 1. The van der Waals surface area contributed by atoms with Crippen LogP contribution < -0.4 is 11.1 Å². The number of rotatable bonds is 3.